The smallest absolute Gasteiger partial charge is 0.456 e. The van der Waals surface area contributed by atoms with Gasteiger partial charge in [-0.3, -0.25) is 23.7 Å². The Hall–Kier alpha value is -2.87. The van der Waals surface area contributed by atoms with E-state index in [0.717, 1.165) is 23.8 Å². The van der Waals surface area contributed by atoms with Gasteiger partial charge in [-0.2, -0.15) is 0 Å². The number of para-hydroxylation sites is 1. The highest BCUT2D eigenvalue weighted by atomic mass is 31.2. The second-order valence-corrected chi connectivity index (χ2v) is 10.9. The van der Waals surface area contributed by atoms with Crippen LogP contribution in [-0.4, -0.2) is 65.5 Å². The number of carbonyl (C=O) groups is 1. The molecule has 2 fully saturated rings. The summed E-state index contributed by atoms with van der Waals surface area (Å²) in [7, 11) is -4.19. The maximum absolute atomic E-state index is 16.2. The zero-order chi connectivity index (χ0) is 28.2. The molecule has 2 saturated heterocycles. The molecule has 0 bridgehead atoms. The molecule has 1 aromatic carbocycles. The van der Waals surface area contributed by atoms with E-state index in [-0.39, 0.29) is 12.2 Å². The summed E-state index contributed by atoms with van der Waals surface area (Å²) in [5, 5.41) is 2.76. The van der Waals surface area contributed by atoms with Gasteiger partial charge in [-0.05, 0) is 26.0 Å². The first-order valence-electron chi connectivity index (χ1n) is 12.4. The summed E-state index contributed by atoms with van der Waals surface area (Å²) in [5.41, 5.74) is -4.06. The van der Waals surface area contributed by atoms with Gasteiger partial charge in [0.05, 0.1) is 25.9 Å². The van der Waals surface area contributed by atoms with E-state index in [9.17, 15) is 18.9 Å². The van der Waals surface area contributed by atoms with Crippen molar-refractivity contribution in [3.05, 3.63) is 63.4 Å². The van der Waals surface area contributed by atoms with E-state index in [1.807, 2.05) is 4.98 Å². The number of hydrogen-bond donors (Lipinski definition) is 2. The summed E-state index contributed by atoms with van der Waals surface area (Å²) in [6, 6.07) is 8.62. The second kappa shape index (κ2) is 12.1. The molecule has 3 heterocycles. The van der Waals surface area contributed by atoms with Gasteiger partial charge in [0, 0.05) is 18.7 Å². The average molecular weight is 571 g/mol. The van der Waals surface area contributed by atoms with Gasteiger partial charge in [0.25, 0.3) is 5.56 Å². The predicted octanol–water partition coefficient (Wildman–Crippen LogP) is 2.04. The molecule has 0 saturated carbocycles. The Morgan fingerprint density at radius 1 is 1.26 bits per heavy atom. The Balaban J connectivity index is 1.59. The van der Waals surface area contributed by atoms with Crippen LogP contribution in [0.2, 0.25) is 0 Å². The van der Waals surface area contributed by atoms with Crippen LogP contribution in [0.3, 0.4) is 0 Å². The lowest BCUT2D eigenvalue weighted by Gasteiger charge is -2.29. The number of ether oxygens (including phenoxy) is 4. The van der Waals surface area contributed by atoms with E-state index >= 15 is 4.39 Å². The number of aromatic nitrogens is 2. The number of nitrogens with zero attached hydrogens (tertiary/aromatic N) is 1. The number of nitrogens with one attached hydrogen (secondary N) is 2. The Kier molecular flexibility index (Phi) is 9.04. The molecule has 1 unspecified atom stereocenters. The third kappa shape index (κ3) is 6.83. The van der Waals surface area contributed by atoms with Crippen molar-refractivity contribution in [2.24, 2.45) is 0 Å². The zero-order valence-electron chi connectivity index (χ0n) is 21.6. The van der Waals surface area contributed by atoms with Crippen molar-refractivity contribution in [2.45, 2.75) is 63.6 Å². The summed E-state index contributed by atoms with van der Waals surface area (Å²) in [4.78, 5) is 38.1. The molecule has 2 aliphatic rings. The highest BCUT2D eigenvalue weighted by Crippen LogP contribution is 2.48. The minimum absolute atomic E-state index is 0.0561. The lowest BCUT2D eigenvalue weighted by atomic mass is 9.98. The van der Waals surface area contributed by atoms with E-state index < -0.39 is 68.0 Å². The lowest BCUT2D eigenvalue weighted by Crippen LogP contribution is -2.46. The van der Waals surface area contributed by atoms with E-state index in [1.54, 1.807) is 37.3 Å². The number of aromatic amines is 1. The van der Waals surface area contributed by atoms with Crippen molar-refractivity contribution in [1.29, 1.82) is 0 Å². The summed E-state index contributed by atoms with van der Waals surface area (Å²) >= 11 is 0. The molecular formula is C24H31FN3O10P. The molecule has 2 N–H and O–H groups in total. The van der Waals surface area contributed by atoms with Crippen LogP contribution in [0.1, 0.15) is 33.4 Å². The number of alkyl halides is 1. The molecule has 0 amide bonds. The van der Waals surface area contributed by atoms with Crippen LogP contribution in [0.25, 0.3) is 0 Å². The summed E-state index contributed by atoms with van der Waals surface area (Å²) in [6.45, 7) is 4.45. The summed E-state index contributed by atoms with van der Waals surface area (Å²) in [5.74, 6) is -0.499. The number of H-pyrrole nitrogens is 1. The molecule has 6 atom stereocenters. The number of benzene rings is 1. The van der Waals surface area contributed by atoms with Gasteiger partial charge in [0.15, 0.2) is 24.3 Å². The number of rotatable bonds is 11. The molecule has 15 heteroatoms. The monoisotopic (exact) mass is 571 g/mol. The number of halogens is 1. The van der Waals surface area contributed by atoms with Crippen molar-refractivity contribution < 1.29 is 41.7 Å². The summed E-state index contributed by atoms with van der Waals surface area (Å²) < 4.78 is 64.4. The minimum Gasteiger partial charge on any atom is -0.456 e. The van der Waals surface area contributed by atoms with Crippen LogP contribution in [0.4, 0.5) is 4.39 Å². The minimum atomic E-state index is -4.19. The maximum atomic E-state index is 16.2. The van der Waals surface area contributed by atoms with Crippen molar-refractivity contribution in [3.63, 3.8) is 0 Å². The fraction of sp³-hybridized carbons (Fsp3) is 0.542. The predicted molar refractivity (Wildman–Crippen MR) is 134 cm³/mol. The lowest BCUT2D eigenvalue weighted by molar-refractivity contribution is -0.157. The van der Waals surface area contributed by atoms with Crippen LogP contribution in [0.5, 0.6) is 5.75 Å². The standard InChI is InChI=1S/C24H31FN3O10P/c1-4-19(30)37-20-17(36-22(24(20,3)25)28-11-10-18(29)26-23(28)31)14-35-39(32,38-16-8-6-5-7-9-16)27-15(2)21-33-12-13-34-21/h5-11,15,17,20-22H,4,12-14H2,1-3H3,(H,27,32)(H,26,29,31)/t15-,17+,20+,22+,24+,39?/m0/s1. The fourth-order valence-electron chi connectivity index (χ4n) is 4.22. The first-order valence-corrected chi connectivity index (χ1v) is 13.9. The molecule has 1 aromatic heterocycles. The Labute approximate surface area is 223 Å². The molecule has 2 aromatic rings. The molecule has 0 radical (unpaired) electrons. The van der Waals surface area contributed by atoms with Gasteiger partial charge in [-0.1, -0.05) is 25.1 Å². The molecule has 4 rings (SSSR count). The van der Waals surface area contributed by atoms with Crippen LogP contribution < -0.4 is 20.9 Å². The van der Waals surface area contributed by atoms with Crippen molar-refractivity contribution >= 4 is 13.7 Å². The quantitative estimate of drug-likeness (QED) is 0.301. The Morgan fingerprint density at radius 3 is 2.59 bits per heavy atom. The van der Waals surface area contributed by atoms with Gasteiger partial charge < -0.3 is 23.5 Å². The largest absolute Gasteiger partial charge is 0.459 e. The molecule has 13 nitrogen and oxygen atoms in total. The van der Waals surface area contributed by atoms with Gasteiger partial charge >= 0.3 is 19.4 Å². The molecule has 214 valence electrons. The topological polar surface area (TPSA) is 156 Å². The van der Waals surface area contributed by atoms with Gasteiger partial charge in [-0.25, -0.2) is 18.8 Å². The van der Waals surface area contributed by atoms with Gasteiger partial charge in [0.1, 0.15) is 11.9 Å². The average Bonchev–Trinajstić information content (AvgIpc) is 3.51. The number of carbonyl (C=O) groups excluding carboxylic acids is 1. The van der Waals surface area contributed by atoms with E-state index in [4.69, 9.17) is 28.0 Å². The van der Waals surface area contributed by atoms with E-state index in [1.165, 1.54) is 6.92 Å². The van der Waals surface area contributed by atoms with Gasteiger partial charge in [0.2, 0.25) is 0 Å². The third-order valence-corrected chi connectivity index (χ3v) is 7.79. The molecular weight excluding hydrogens is 540 g/mol. The first-order chi connectivity index (χ1) is 18.5. The van der Waals surface area contributed by atoms with E-state index in [2.05, 4.69) is 5.09 Å². The highest BCUT2D eigenvalue weighted by Gasteiger charge is 2.58. The van der Waals surface area contributed by atoms with Crippen LogP contribution >= 0.6 is 7.75 Å². The Bertz CT molecular complexity index is 1300. The number of esters is 1. The fourth-order valence-corrected chi connectivity index (χ4v) is 5.77. The molecule has 0 aliphatic carbocycles. The molecule has 0 spiro atoms. The van der Waals surface area contributed by atoms with Crippen LogP contribution in [-0.2, 0) is 32.8 Å². The van der Waals surface area contributed by atoms with Crippen molar-refractivity contribution in [3.8, 4) is 5.75 Å². The van der Waals surface area contributed by atoms with Crippen LogP contribution in [0.15, 0.2) is 52.2 Å². The van der Waals surface area contributed by atoms with Crippen molar-refractivity contribution in [1.82, 2.24) is 14.6 Å². The third-order valence-electron chi connectivity index (χ3n) is 6.13. The van der Waals surface area contributed by atoms with Gasteiger partial charge in [-0.15, -0.1) is 0 Å². The number of hydrogen-bond acceptors (Lipinski definition) is 10. The SMILES string of the molecule is CCC(=O)O[C@@H]1[C@@H](COP(=O)(N[C@@H](C)C2OCCO2)Oc2ccccc2)O[C@@H](n2ccc(=O)[nH]c2=O)[C@]1(C)F. The molecule has 39 heavy (non-hydrogen) atoms. The normalized spacial score (nSPS) is 27.6. The maximum Gasteiger partial charge on any atom is 0.459 e. The first kappa shape index (κ1) is 29.1. The zero-order valence-corrected chi connectivity index (χ0v) is 22.5. The van der Waals surface area contributed by atoms with Crippen LogP contribution in [0, 0.1) is 0 Å². The van der Waals surface area contributed by atoms with E-state index in [0.29, 0.717) is 13.2 Å². The summed E-state index contributed by atoms with van der Waals surface area (Å²) in [6.07, 6.45) is -4.18. The second-order valence-electron chi connectivity index (χ2n) is 9.18. The molecule has 2 aliphatic heterocycles. The highest BCUT2D eigenvalue weighted by molar-refractivity contribution is 7.52. The Morgan fingerprint density at radius 2 is 1.95 bits per heavy atom. The van der Waals surface area contributed by atoms with Crippen molar-refractivity contribution in [2.75, 3.05) is 19.8 Å².